The summed E-state index contributed by atoms with van der Waals surface area (Å²) in [7, 11) is 3.50. The Hall–Kier alpha value is -2.04. The van der Waals surface area contributed by atoms with Crippen molar-refractivity contribution in [2.75, 3.05) is 27.2 Å². The summed E-state index contributed by atoms with van der Waals surface area (Å²) >= 11 is 0. The molecule has 0 bridgehead atoms. The highest BCUT2D eigenvalue weighted by molar-refractivity contribution is 5.94. The molecule has 1 aromatic rings. The van der Waals surface area contributed by atoms with Gasteiger partial charge in [0, 0.05) is 32.1 Å². The number of hydrogen-bond donors (Lipinski definition) is 0. The van der Waals surface area contributed by atoms with Gasteiger partial charge in [-0.3, -0.25) is 9.59 Å². The highest BCUT2D eigenvalue weighted by Gasteiger charge is 2.44. The predicted molar refractivity (Wildman–Crippen MR) is 87.5 cm³/mol. The molecule has 5 heteroatoms. The van der Waals surface area contributed by atoms with Crippen LogP contribution in [0.2, 0.25) is 0 Å². The van der Waals surface area contributed by atoms with Crippen LogP contribution < -0.4 is 4.74 Å². The number of ether oxygens (including phenoxy) is 1. The van der Waals surface area contributed by atoms with Crippen molar-refractivity contribution in [3.05, 3.63) is 29.8 Å². The molecule has 1 atom stereocenters. The van der Waals surface area contributed by atoms with Crippen LogP contribution in [0.1, 0.15) is 42.5 Å². The van der Waals surface area contributed by atoms with Crippen LogP contribution in [0, 0.1) is 0 Å². The molecule has 2 saturated heterocycles. The third-order valence-electron chi connectivity index (χ3n) is 5.30. The van der Waals surface area contributed by atoms with Crippen molar-refractivity contribution in [2.45, 2.75) is 37.6 Å². The Balaban J connectivity index is 1.77. The van der Waals surface area contributed by atoms with Gasteiger partial charge in [0.25, 0.3) is 5.91 Å². The molecule has 23 heavy (non-hydrogen) atoms. The zero-order valence-corrected chi connectivity index (χ0v) is 13.9. The number of nitrogens with zero attached hydrogens (tertiary/aromatic N) is 2. The molecule has 2 amide bonds. The van der Waals surface area contributed by atoms with Crippen LogP contribution in [0.15, 0.2) is 24.3 Å². The number of benzene rings is 1. The van der Waals surface area contributed by atoms with E-state index in [1.807, 2.05) is 29.0 Å². The Kier molecular flexibility index (Phi) is 4.28. The molecule has 2 aliphatic heterocycles. The minimum Gasteiger partial charge on any atom is -0.497 e. The Morgan fingerprint density at radius 1 is 1.17 bits per heavy atom. The van der Waals surface area contributed by atoms with Crippen LogP contribution in [0.5, 0.6) is 5.75 Å². The van der Waals surface area contributed by atoms with Crippen molar-refractivity contribution in [3.8, 4) is 5.75 Å². The molecule has 0 radical (unpaired) electrons. The first kappa shape index (κ1) is 15.8. The van der Waals surface area contributed by atoms with E-state index in [1.165, 1.54) is 0 Å². The molecule has 1 aromatic carbocycles. The van der Waals surface area contributed by atoms with Gasteiger partial charge in [-0.15, -0.1) is 0 Å². The second kappa shape index (κ2) is 6.22. The first-order valence-corrected chi connectivity index (χ1v) is 8.26. The highest BCUT2D eigenvalue weighted by Crippen LogP contribution is 2.36. The van der Waals surface area contributed by atoms with Crippen LogP contribution in [0.3, 0.4) is 0 Å². The summed E-state index contributed by atoms with van der Waals surface area (Å²) in [5, 5.41) is 0. The van der Waals surface area contributed by atoms with Crippen molar-refractivity contribution in [3.63, 3.8) is 0 Å². The lowest BCUT2D eigenvalue weighted by molar-refractivity contribution is -0.142. The SMILES string of the molecule is COc1ccc(C(=O)N2CCC[C@@]3(CCCC(=O)N3C)C2)cc1. The molecule has 0 aliphatic carbocycles. The Morgan fingerprint density at radius 3 is 2.57 bits per heavy atom. The molecule has 5 nitrogen and oxygen atoms in total. The zero-order valence-electron chi connectivity index (χ0n) is 13.9. The van der Waals surface area contributed by atoms with Gasteiger partial charge in [-0.05, 0) is 49.9 Å². The first-order valence-electron chi connectivity index (χ1n) is 8.26. The van der Waals surface area contributed by atoms with Crippen LogP contribution in [0.25, 0.3) is 0 Å². The molecule has 2 aliphatic rings. The fraction of sp³-hybridized carbons (Fsp3) is 0.556. The van der Waals surface area contributed by atoms with Crippen LogP contribution in [0.4, 0.5) is 0 Å². The molecule has 0 aromatic heterocycles. The van der Waals surface area contributed by atoms with Gasteiger partial charge < -0.3 is 14.5 Å². The Bertz CT molecular complexity index is 595. The maximum Gasteiger partial charge on any atom is 0.253 e. The lowest BCUT2D eigenvalue weighted by atomic mass is 9.80. The molecular formula is C18H24N2O3. The summed E-state index contributed by atoms with van der Waals surface area (Å²) in [4.78, 5) is 28.7. The fourth-order valence-corrected chi connectivity index (χ4v) is 3.85. The van der Waals surface area contributed by atoms with Gasteiger partial charge in [0.1, 0.15) is 5.75 Å². The molecule has 124 valence electrons. The number of carbonyl (C=O) groups excluding carboxylic acids is 2. The zero-order chi connectivity index (χ0) is 16.4. The van der Waals surface area contributed by atoms with E-state index in [0.29, 0.717) is 18.5 Å². The van der Waals surface area contributed by atoms with Gasteiger partial charge in [0.15, 0.2) is 0 Å². The van der Waals surface area contributed by atoms with Crippen molar-refractivity contribution < 1.29 is 14.3 Å². The normalized spacial score (nSPS) is 24.9. The Morgan fingerprint density at radius 2 is 1.87 bits per heavy atom. The number of likely N-dealkylation sites (tertiary alicyclic amines) is 2. The van der Waals surface area contributed by atoms with E-state index in [2.05, 4.69) is 0 Å². The summed E-state index contributed by atoms with van der Waals surface area (Å²) in [5.74, 6) is 0.988. The number of piperidine rings is 2. The van der Waals surface area contributed by atoms with Crippen LogP contribution in [-0.2, 0) is 4.79 Å². The van der Waals surface area contributed by atoms with Gasteiger partial charge in [-0.1, -0.05) is 0 Å². The average molecular weight is 316 g/mol. The summed E-state index contributed by atoms with van der Waals surface area (Å²) in [5.41, 5.74) is 0.503. The largest absolute Gasteiger partial charge is 0.497 e. The fourth-order valence-electron chi connectivity index (χ4n) is 3.85. The average Bonchev–Trinajstić information content (AvgIpc) is 2.59. The number of carbonyl (C=O) groups is 2. The minimum absolute atomic E-state index is 0.0400. The van der Waals surface area contributed by atoms with E-state index in [-0.39, 0.29) is 17.4 Å². The van der Waals surface area contributed by atoms with Gasteiger partial charge in [-0.2, -0.15) is 0 Å². The maximum absolute atomic E-state index is 12.8. The summed E-state index contributed by atoms with van der Waals surface area (Å²) in [6.45, 7) is 1.40. The molecule has 3 rings (SSSR count). The summed E-state index contributed by atoms with van der Waals surface area (Å²) < 4.78 is 5.14. The van der Waals surface area contributed by atoms with Crippen molar-refractivity contribution >= 4 is 11.8 Å². The molecule has 0 unspecified atom stereocenters. The quantitative estimate of drug-likeness (QED) is 0.841. The van der Waals surface area contributed by atoms with Gasteiger partial charge in [0.2, 0.25) is 5.91 Å². The summed E-state index contributed by atoms with van der Waals surface area (Å²) in [6.07, 6.45) is 4.47. The highest BCUT2D eigenvalue weighted by atomic mass is 16.5. The lowest BCUT2D eigenvalue weighted by Gasteiger charge is -2.50. The molecule has 0 N–H and O–H groups in total. The first-order chi connectivity index (χ1) is 11.1. The molecule has 2 fully saturated rings. The van der Waals surface area contributed by atoms with E-state index in [4.69, 9.17) is 4.74 Å². The van der Waals surface area contributed by atoms with E-state index >= 15 is 0 Å². The topological polar surface area (TPSA) is 49.9 Å². The van der Waals surface area contributed by atoms with Crippen LogP contribution >= 0.6 is 0 Å². The van der Waals surface area contributed by atoms with Crippen molar-refractivity contribution in [2.24, 2.45) is 0 Å². The number of rotatable bonds is 2. The van der Waals surface area contributed by atoms with E-state index in [9.17, 15) is 9.59 Å². The van der Waals surface area contributed by atoms with Crippen LogP contribution in [-0.4, -0.2) is 54.4 Å². The Labute approximate surface area is 137 Å². The molecular weight excluding hydrogens is 292 g/mol. The number of likely N-dealkylation sites (N-methyl/N-ethyl adjacent to an activating group) is 1. The van der Waals surface area contributed by atoms with E-state index < -0.39 is 0 Å². The second-order valence-corrected chi connectivity index (χ2v) is 6.59. The van der Waals surface area contributed by atoms with Crippen molar-refractivity contribution in [1.82, 2.24) is 9.80 Å². The minimum atomic E-state index is -0.171. The van der Waals surface area contributed by atoms with Gasteiger partial charge in [0.05, 0.1) is 12.6 Å². The van der Waals surface area contributed by atoms with Gasteiger partial charge in [-0.25, -0.2) is 0 Å². The number of hydrogen-bond acceptors (Lipinski definition) is 3. The smallest absolute Gasteiger partial charge is 0.253 e. The third kappa shape index (κ3) is 2.92. The van der Waals surface area contributed by atoms with Crippen molar-refractivity contribution in [1.29, 1.82) is 0 Å². The summed E-state index contributed by atoms with van der Waals surface area (Å²) in [6, 6.07) is 7.22. The predicted octanol–water partition coefficient (Wildman–Crippen LogP) is 2.31. The lowest BCUT2D eigenvalue weighted by Crippen LogP contribution is -2.61. The van der Waals surface area contributed by atoms with E-state index in [0.717, 1.165) is 38.0 Å². The molecule has 0 saturated carbocycles. The standard InChI is InChI=1S/C18H24N2O3/c1-19-16(21)5-3-10-18(19)11-4-12-20(13-18)17(22)14-6-8-15(23-2)9-7-14/h6-9H,3-5,10-13H2,1-2H3/t18-/m0/s1. The third-order valence-corrected chi connectivity index (χ3v) is 5.30. The monoisotopic (exact) mass is 316 g/mol. The number of methoxy groups -OCH3 is 1. The van der Waals surface area contributed by atoms with Gasteiger partial charge >= 0.3 is 0 Å². The number of amides is 2. The molecule has 1 spiro atoms. The second-order valence-electron chi connectivity index (χ2n) is 6.59. The maximum atomic E-state index is 12.8. The van der Waals surface area contributed by atoms with E-state index in [1.54, 1.807) is 19.2 Å². The molecule has 2 heterocycles.